The van der Waals surface area contributed by atoms with Gasteiger partial charge < -0.3 is 14.2 Å². The topological polar surface area (TPSA) is 27.7 Å². The number of benzene rings is 2. The van der Waals surface area contributed by atoms with Crippen molar-refractivity contribution in [2.45, 2.75) is 43.3 Å². The quantitative estimate of drug-likeness (QED) is 0.657. The number of hydrogen-bond donors (Lipinski definition) is 0. The monoisotopic (exact) mass is 372 g/mol. The van der Waals surface area contributed by atoms with E-state index in [1.807, 2.05) is 11.8 Å². The van der Waals surface area contributed by atoms with E-state index in [0.29, 0.717) is 5.75 Å². The van der Waals surface area contributed by atoms with Crippen LogP contribution in [0.25, 0.3) is 0 Å². The first-order chi connectivity index (χ1) is 12.3. The van der Waals surface area contributed by atoms with Crippen LogP contribution < -0.4 is 14.2 Å². The van der Waals surface area contributed by atoms with E-state index < -0.39 is 0 Å². The van der Waals surface area contributed by atoms with E-state index in [1.165, 1.54) is 16.0 Å². The Morgan fingerprint density at radius 1 is 0.846 bits per heavy atom. The second-order valence-electron chi connectivity index (χ2n) is 7.77. The first kappa shape index (κ1) is 19.0. The maximum Gasteiger partial charge on any atom is 0.203 e. The lowest BCUT2D eigenvalue weighted by atomic mass is 9.68. The molecule has 2 aromatic rings. The Balaban J connectivity index is 2.25. The molecule has 26 heavy (non-hydrogen) atoms. The second kappa shape index (κ2) is 6.73. The molecule has 2 aromatic carbocycles. The van der Waals surface area contributed by atoms with Gasteiger partial charge in [-0.25, -0.2) is 0 Å². The van der Waals surface area contributed by atoms with E-state index in [1.54, 1.807) is 21.3 Å². The van der Waals surface area contributed by atoms with E-state index in [2.05, 4.69) is 64.1 Å². The highest BCUT2D eigenvalue weighted by Crippen LogP contribution is 2.67. The van der Waals surface area contributed by atoms with Crippen molar-refractivity contribution in [1.29, 1.82) is 0 Å². The summed E-state index contributed by atoms with van der Waals surface area (Å²) in [6.07, 6.45) is 0. The molecule has 0 fully saturated rings. The molecule has 0 heterocycles. The van der Waals surface area contributed by atoms with Gasteiger partial charge in [0.25, 0.3) is 0 Å². The van der Waals surface area contributed by atoms with Gasteiger partial charge in [0, 0.05) is 21.1 Å². The van der Waals surface area contributed by atoms with E-state index in [0.717, 1.165) is 11.5 Å². The SMILES string of the molecule is COc1cc2c(c(OC)c1OC)C(C)(C)C(C)(C)[C@H]2Sc1ccccc1. The van der Waals surface area contributed by atoms with Crippen LogP contribution in [0.5, 0.6) is 17.2 Å². The first-order valence-corrected chi connectivity index (χ1v) is 9.72. The highest BCUT2D eigenvalue weighted by Gasteiger charge is 2.55. The Bertz CT molecular complexity index is 797. The average molecular weight is 373 g/mol. The molecule has 0 spiro atoms. The third-order valence-electron chi connectivity index (χ3n) is 6.03. The smallest absolute Gasteiger partial charge is 0.203 e. The number of fused-ring (bicyclic) bond motifs is 1. The Morgan fingerprint density at radius 2 is 1.46 bits per heavy atom. The van der Waals surface area contributed by atoms with Crippen LogP contribution in [0.4, 0.5) is 0 Å². The molecule has 0 bridgehead atoms. The van der Waals surface area contributed by atoms with Gasteiger partial charge in [-0.05, 0) is 29.2 Å². The summed E-state index contributed by atoms with van der Waals surface area (Å²) >= 11 is 1.90. The molecule has 0 aromatic heterocycles. The van der Waals surface area contributed by atoms with Crippen LogP contribution in [0.2, 0.25) is 0 Å². The molecule has 4 heteroatoms. The van der Waals surface area contributed by atoms with Gasteiger partial charge in [-0.3, -0.25) is 0 Å². The molecule has 0 unspecified atom stereocenters. The molecule has 1 aliphatic rings. The fourth-order valence-corrected chi connectivity index (χ4v) is 5.40. The maximum absolute atomic E-state index is 5.83. The van der Waals surface area contributed by atoms with E-state index in [4.69, 9.17) is 14.2 Å². The molecule has 3 nitrogen and oxygen atoms in total. The van der Waals surface area contributed by atoms with Crippen LogP contribution in [0.1, 0.15) is 44.1 Å². The summed E-state index contributed by atoms with van der Waals surface area (Å²) in [5, 5.41) is 0.281. The molecule has 3 rings (SSSR count). The summed E-state index contributed by atoms with van der Waals surface area (Å²) in [5.74, 6) is 2.18. The number of hydrogen-bond acceptors (Lipinski definition) is 4. The average Bonchev–Trinajstić information content (AvgIpc) is 2.78. The predicted molar refractivity (Wildman–Crippen MR) is 108 cm³/mol. The van der Waals surface area contributed by atoms with Crippen molar-refractivity contribution in [2.75, 3.05) is 21.3 Å². The number of ether oxygens (including phenoxy) is 3. The van der Waals surface area contributed by atoms with Crippen molar-refractivity contribution >= 4 is 11.8 Å². The largest absolute Gasteiger partial charge is 0.493 e. The number of thioether (sulfide) groups is 1. The number of methoxy groups -OCH3 is 3. The molecule has 1 atom stereocenters. The molecule has 0 aliphatic heterocycles. The maximum atomic E-state index is 5.83. The Kier molecular flexibility index (Phi) is 4.91. The zero-order chi connectivity index (χ0) is 19.1. The van der Waals surface area contributed by atoms with Crippen LogP contribution in [0, 0.1) is 5.41 Å². The zero-order valence-corrected chi connectivity index (χ0v) is 17.5. The number of rotatable bonds is 5. The van der Waals surface area contributed by atoms with Crippen molar-refractivity contribution in [3.8, 4) is 17.2 Å². The fraction of sp³-hybridized carbons (Fsp3) is 0.455. The molecule has 140 valence electrons. The van der Waals surface area contributed by atoms with Crippen LogP contribution in [-0.4, -0.2) is 21.3 Å². The summed E-state index contributed by atoms with van der Waals surface area (Å²) in [6, 6.07) is 12.7. The summed E-state index contributed by atoms with van der Waals surface area (Å²) < 4.78 is 17.1. The van der Waals surface area contributed by atoms with Crippen LogP contribution in [0.15, 0.2) is 41.3 Å². The first-order valence-electron chi connectivity index (χ1n) is 8.84. The minimum Gasteiger partial charge on any atom is -0.493 e. The van der Waals surface area contributed by atoms with E-state index in [9.17, 15) is 0 Å². The third-order valence-corrected chi connectivity index (χ3v) is 7.65. The van der Waals surface area contributed by atoms with Crippen molar-refractivity contribution in [1.82, 2.24) is 0 Å². The Hall–Kier alpha value is -1.81. The standard InChI is InChI=1S/C22H28O3S/c1-21(2)17-15(13-16(23-5)18(24-6)19(17)25-7)20(22(21,3)4)26-14-11-9-8-10-12-14/h8-13,20H,1-7H3/t20-/m0/s1. The van der Waals surface area contributed by atoms with Crippen LogP contribution in [-0.2, 0) is 5.41 Å². The molecular formula is C22H28O3S. The highest BCUT2D eigenvalue weighted by molar-refractivity contribution is 7.99. The van der Waals surface area contributed by atoms with Gasteiger partial charge in [0.15, 0.2) is 11.5 Å². The van der Waals surface area contributed by atoms with Crippen molar-refractivity contribution in [2.24, 2.45) is 5.41 Å². The van der Waals surface area contributed by atoms with Crippen LogP contribution in [0.3, 0.4) is 0 Å². The Labute approximate surface area is 161 Å². The summed E-state index contributed by atoms with van der Waals surface area (Å²) in [7, 11) is 5.04. The van der Waals surface area contributed by atoms with E-state index in [-0.39, 0.29) is 16.1 Å². The van der Waals surface area contributed by atoms with Gasteiger partial charge >= 0.3 is 0 Å². The fourth-order valence-electron chi connectivity index (χ4n) is 3.91. The molecule has 0 saturated heterocycles. The van der Waals surface area contributed by atoms with Gasteiger partial charge in [-0.2, -0.15) is 0 Å². The van der Waals surface area contributed by atoms with Gasteiger partial charge in [0.05, 0.1) is 21.3 Å². The minimum atomic E-state index is -0.0837. The van der Waals surface area contributed by atoms with Gasteiger partial charge in [-0.15, -0.1) is 11.8 Å². The summed E-state index contributed by atoms with van der Waals surface area (Å²) in [4.78, 5) is 1.27. The van der Waals surface area contributed by atoms with Crippen molar-refractivity contribution < 1.29 is 14.2 Å². The van der Waals surface area contributed by atoms with Crippen molar-refractivity contribution in [3.05, 3.63) is 47.5 Å². The molecule has 0 amide bonds. The van der Waals surface area contributed by atoms with E-state index >= 15 is 0 Å². The summed E-state index contributed by atoms with van der Waals surface area (Å²) in [5.41, 5.74) is 2.42. The second-order valence-corrected chi connectivity index (χ2v) is 8.95. The predicted octanol–water partition coefficient (Wildman–Crippen LogP) is 5.86. The molecule has 0 radical (unpaired) electrons. The molecule has 1 aliphatic carbocycles. The van der Waals surface area contributed by atoms with Crippen molar-refractivity contribution in [3.63, 3.8) is 0 Å². The highest BCUT2D eigenvalue weighted by atomic mass is 32.2. The summed E-state index contributed by atoms with van der Waals surface area (Å²) in [6.45, 7) is 9.27. The minimum absolute atomic E-state index is 0.0144. The van der Waals surface area contributed by atoms with Gasteiger partial charge in [0.1, 0.15) is 0 Å². The molecular weight excluding hydrogens is 344 g/mol. The molecule has 0 N–H and O–H groups in total. The lowest BCUT2D eigenvalue weighted by Crippen LogP contribution is -2.34. The normalized spacial score (nSPS) is 19.7. The van der Waals surface area contributed by atoms with Gasteiger partial charge in [0.2, 0.25) is 5.75 Å². The molecule has 0 saturated carbocycles. The zero-order valence-electron chi connectivity index (χ0n) is 16.7. The lowest BCUT2D eigenvalue weighted by molar-refractivity contribution is 0.215. The van der Waals surface area contributed by atoms with Gasteiger partial charge in [-0.1, -0.05) is 45.9 Å². The third kappa shape index (κ3) is 2.66. The lowest BCUT2D eigenvalue weighted by Gasteiger charge is -2.39. The Morgan fingerprint density at radius 3 is 2.00 bits per heavy atom. The van der Waals surface area contributed by atoms with Crippen LogP contribution >= 0.6 is 11.8 Å².